The van der Waals surface area contributed by atoms with Crippen LogP contribution >= 0.6 is 0 Å². The lowest BCUT2D eigenvalue weighted by atomic mass is 9.97. The number of carbonyl (C=O) groups excluding carboxylic acids is 1. The van der Waals surface area contributed by atoms with Crippen LogP contribution in [-0.4, -0.2) is 40.1 Å². The molecule has 1 aliphatic heterocycles. The molecule has 0 aliphatic carbocycles. The van der Waals surface area contributed by atoms with E-state index in [1.807, 2.05) is 42.4 Å². The summed E-state index contributed by atoms with van der Waals surface area (Å²) in [4.78, 5) is 19.3. The van der Waals surface area contributed by atoms with Gasteiger partial charge in [-0.1, -0.05) is 32.0 Å². The van der Waals surface area contributed by atoms with Crippen molar-refractivity contribution in [2.24, 2.45) is 11.8 Å². The molecular formula is C22H31N3O2. The Balaban J connectivity index is 1.53. The molecule has 5 heteroatoms. The number of piperidine rings is 1. The fourth-order valence-corrected chi connectivity index (χ4v) is 3.83. The molecule has 1 aromatic heterocycles. The summed E-state index contributed by atoms with van der Waals surface area (Å²) in [6.07, 6.45) is 6.83. The summed E-state index contributed by atoms with van der Waals surface area (Å²) in [6, 6.07) is 8.10. The van der Waals surface area contributed by atoms with Crippen LogP contribution in [0.2, 0.25) is 0 Å². The van der Waals surface area contributed by atoms with Crippen molar-refractivity contribution < 1.29 is 9.53 Å². The highest BCUT2D eigenvalue weighted by molar-refractivity contribution is 5.78. The van der Waals surface area contributed by atoms with Crippen LogP contribution in [0.3, 0.4) is 0 Å². The van der Waals surface area contributed by atoms with E-state index < -0.39 is 0 Å². The van der Waals surface area contributed by atoms with Crippen molar-refractivity contribution >= 4 is 5.91 Å². The molecule has 5 nitrogen and oxygen atoms in total. The third-order valence-corrected chi connectivity index (χ3v) is 5.41. The molecule has 0 saturated carbocycles. The Morgan fingerprint density at radius 2 is 2.19 bits per heavy atom. The largest absolute Gasteiger partial charge is 0.493 e. The van der Waals surface area contributed by atoms with Gasteiger partial charge in [0.05, 0.1) is 12.5 Å². The average Bonchev–Trinajstić information content (AvgIpc) is 3.14. The van der Waals surface area contributed by atoms with Crippen molar-refractivity contribution in [1.29, 1.82) is 0 Å². The molecule has 2 heterocycles. The molecular weight excluding hydrogens is 338 g/mol. The first-order valence-corrected chi connectivity index (χ1v) is 10.1. The molecule has 1 saturated heterocycles. The normalized spacial score (nSPS) is 18.3. The Kier molecular flexibility index (Phi) is 6.54. The van der Waals surface area contributed by atoms with Crippen molar-refractivity contribution in [2.75, 3.05) is 19.7 Å². The van der Waals surface area contributed by atoms with Gasteiger partial charge in [0.15, 0.2) is 0 Å². The second-order valence-electron chi connectivity index (χ2n) is 7.62. The Labute approximate surface area is 162 Å². The summed E-state index contributed by atoms with van der Waals surface area (Å²) in [5, 5.41) is 0. The number of aromatic nitrogens is 2. The van der Waals surface area contributed by atoms with Crippen LogP contribution in [-0.2, 0) is 17.8 Å². The summed E-state index contributed by atoms with van der Waals surface area (Å²) in [6.45, 7) is 9.19. The first-order valence-electron chi connectivity index (χ1n) is 10.1. The second-order valence-corrected chi connectivity index (χ2v) is 7.62. The van der Waals surface area contributed by atoms with Gasteiger partial charge in [-0.2, -0.15) is 0 Å². The van der Waals surface area contributed by atoms with Gasteiger partial charge in [-0.25, -0.2) is 4.98 Å². The maximum atomic E-state index is 12.9. The number of nitrogens with zero attached hydrogens (tertiary/aromatic N) is 3. The van der Waals surface area contributed by atoms with E-state index in [-0.39, 0.29) is 11.8 Å². The molecule has 0 radical (unpaired) electrons. The Bertz CT molecular complexity index is 756. The number of aryl methyl sites for hydroxylation is 2. The van der Waals surface area contributed by atoms with Crippen LogP contribution in [0.15, 0.2) is 36.7 Å². The zero-order valence-electron chi connectivity index (χ0n) is 16.7. The lowest BCUT2D eigenvalue weighted by Gasteiger charge is -2.34. The van der Waals surface area contributed by atoms with Gasteiger partial charge in [-0.3, -0.25) is 4.79 Å². The maximum absolute atomic E-state index is 12.9. The molecule has 27 heavy (non-hydrogen) atoms. The van der Waals surface area contributed by atoms with Crippen molar-refractivity contribution in [3.05, 3.63) is 48.0 Å². The minimum atomic E-state index is -0.0412. The summed E-state index contributed by atoms with van der Waals surface area (Å²) < 4.78 is 8.13. The van der Waals surface area contributed by atoms with Crippen LogP contribution in [0.5, 0.6) is 5.75 Å². The number of rotatable bonds is 7. The number of likely N-dealkylation sites (tertiary alicyclic amines) is 1. The molecule has 1 amide bonds. The van der Waals surface area contributed by atoms with Gasteiger partial charge in [0.1, 0.15) is 11.6 Å². The zero-order valence-corrected chi connectivity index (χ0v) is 16.7. The van der Waals surface area contributed by atoms with Crippen LogP contribution in [0.4, 0.5) is 0 Å². The molecule has 0 unspecified atom stereocenters. The highest BCUT2D eigenvalue weighted by Crippen LogP contribution is 2.22. The zero-order chi connectivity index (χ0) is 19.2. The average molecular weight is 370 g/mol. The molecule has 3 rings (SSSR count). The second kappa shape index (κ2) is 9.07. The number of carbonyl (C=O) groups is 1. The topological polar surface area (TPSA) is 47.4 Å². The van der Waals surface area contributed by atoms with Gasteiger partial charge in [0, 0.05) is 44.4 Å². The lowest BCUT2D eigenvalue weighted by Crippen LogP contribution is -2.44. The van der Waals surface area contributed by atoms with E-state index in [1.54, 1.807) is 0 Å². The predicted octanol–water partition coefficient (Wildman–Crippen LogP) is 3.71. The third kappa shape index (κ3) is 4.90. The van der Waals surface area contributed by atoms with E-state index in [4.69, 9.17) is 4.74 Å². The van der Waals surface area contributed by atoms with E-state index in [9.17, 15) is 4.79 Å². The number of amides is 1. The number of benzene rings is 1. The summed E-state index contributed by atoms with van der Waals surface area (Å²) in [7, 11) is 0. The number of para-hydroxylation sites is 1. The molecule has 0 bridgehead atoms. The van der Waals surface area contributed by atoms with Crippen LogP contribution < -0.4 is 4.74 Å². The first-order chi connectivity index (χ1) is 13.1. The van der Waals surface area contributed by atoms with Crippen molar-refractivity contribution in [3.63, 3.8) is 0 Å². The molecule has 0 spiro atoms. The minimum absolute atomic E-state index is 0.0412. The quantitative estimate of drug-likeness (QED) is 0.747. The number of hydrogen-bond donors (Lipinski definition) is 0. The molecule has 146 valence electrons. The van der Waals surface area contributed by atoms with E-state index >= 15 is 0 Å². The molecule has 1 fully saturated rings. The van der Waals surface area contributed by atoms with E-state index in [0.717, 1.165) is 49.5 Å². The molecule has 2 atom stereocenters. The fourth-order valence-electron chi connectivity index (χ4n) is 3.83. The smallest absolute Gasteiger partial charge is 0.227 e. The van der Waals surface area contributed by atoms with Gasteiger partial charge in [0.25, 0.3) is 0 Å². The summed E-state index contributed by atoms with van der Waals surface area (Å²) in [5.74, 6) is 2.58. The van der Waals surface area contributed by atoms with Gasteiger partial charge in [-0.05, 0) is 31.4 Å². The van der Waals surface area contributed by atoms with E-state index in [2.05, 4.69) is 29.5 Å². The fraction of sp³-hybridized carbons (Fsp3) is 0.545. The molecule has 0 N–H and O–H groups in total. The van der Waals surface area contributed by atoms with Gasteiger partial charge >= 0.3 is 0 Å². The van der Waals surface area contributed by atoms with Gasteiger partial charge in [0.2, 0.25) is 5.91 Å². The summed E-state index contributed by atoms with van der Waals surface area (Å²) >= 11 is 0. The third-order valence-electron chi connectivity index (χ3n) is 5.41. The number of imidazole rings is 1. The lowest BCUT2D eigenvalue weighted by molar-refractivity contribution is -0.137. The van der Waals surface area contributed by atoms with Crippen molar-refractivity contribution in [1.82, 2.24) is 14.5 Å². The Hall–Kier alpha value is -2.30. The highest BCUT2D eigenvalue weighted by atomic mass is 16.5. The van der Waals surface area contributed by atoms with Crippen LogP contribution in [0.25, 0.3) is 0 Å². The van der Waals surface area contributed by atoms with Crippen molar-refractivity contribution in [2.45, 2.75) is 46.6 Å². The monoisotopic (exact) mass is 369 g/mol. The number of ether oxygens (including phenoxy) is 1. The number of hydrogen-bond acceptors (Lipinski definition) is 3. The van der Waals surface area contributed by atoms with Crippen LogP contribution in [0, 0.1) is 18.8 Å². The van der Waals surface area contributed by atoms with Gasteiger partial charge in [-0.15, -0.1) is 0 Å². The van der Waals surface area contributed by atoms with Crippen molar-refractivity contribution in [3.8, 4) is 5.75 Å². The highest BCUT2D eigenvalue weighted by Gasteiger charge is 2.27. The maximum Gasteiger partial charge on any atom is 0.227 e. The Morgan fingerprint density at radius 1 is 1.37 bits per heavy atom. The Morgan fingerprint density at radius 3 is 2.96 bits per heavy atom. The molecule has 2 aromatic rings. The molecule has 1 aliphatic rings. The van der Waals surface area contributed by atoms with E-state index in [1.165, 1.54) is 0 Å². The first kappa shape index (κ1) is 19.5. The van der Waals surface area contributed by atoms with Crippen LogP contribution in [0.1, 0.15) is 38.1 Å². The van der Waals surface area contributed by atoms with Gasteiger partial charge < -0.3 is 14.2 Å². The van der Waals surface area contributed by atoms with E-state index in [0.29, 0.717) is 19.1 Å². The molecule has 1 aromatic carbocycles. The predicted molar refractivity (Wildman–Crippen MR) is 107 cm³/mol. The SMILES string of the molecule is CCc1nccn1C[C@@H](C)C(=O)N1CCC[C@H](COc2ccccc2C)C1. The minimum Gasteiger partial charge on any atom is -0.493 e. The standard InChI is InChI=1S/C22H31N3O2/c1-4-21-23-11-13-24(21)14-18(3)22(26)25-12-7-9-19(15-25)16-27-20-10-6-5-8-17(20)2/h5-6,8,10-11,13,18-19H,4,7,9,12,14-16H2,1-3H3/t18-,19+/m1/s1. The summed E-state index contributed by atoms with van der Waals surface area (Å²) in [5.41, 5.74) is 1.15.